The minimum absolute atomic E-state index is 0.0737. The monoisotopic (exact) mass is 403 g/mol. The number of nitrogens with one attached hydrogen (secondary N) is 1. The standard InChI is InChI=1S/C19H17NO5S2/c1-12-5-4-6-13(9-12)27(24,25)20-16-10-17(26-11-18(21)22)19(23)15-8-3-2-7-14(15)16/h2-10,20,23H,11H2,1H3,(H,21,22). The molecule has 0 aliphatic heterocycles. The maximum absolute atomic E-state index is 12.8. The van der Waals surface area contributed by atoms with Crippen LogP contribution < -0.4 is 4.72 Å². The molecule has 0 aromatic heterocycles. The highest BCUT2D eigenvalue weighted by Gasteiger charge is 2.19. The van der Waals surface area contributed by atoms with Crippen LogP contribution >= 0.6 is 11.8 Å². The molecule has 0 unspecified atom stereocenters. The van der Waals surface area contributed by atoms with Gasteiger partial charge in [-0.1, -0.05) is 36.4 Å². The van der Waals surface area contributed by atoms with Gasteiger partial charge in [0.25, 0.3) is 10.0 Å². The van der Waals surface area contributed by atoms with Gasteiger partial charge >= 0.3 is 5.97 Å². The minimum Gasteiger partial charge on any atom is -0.506 e. The molecule has 0 saturated carbocycles. The van der Waals surface area contributed by atoms with Gasteiger partial charge in [0, 0.05) is 10.8 Å². The number of carboxylic acids is 1. The molecule has 0 aliphatic rings. The van der Waals surface area contributed by atoms with Gasteiger partial charge in [0.1, 0.15) is 5.75 Å². The van der Waals surface area contributed by atoms with E-state index in [2.05, 4.69) is 4.72 Å². The number of fused-ring (bicyclic) bond motifs is 1. The van der Waals surface area contributed by atoms with Crippen molar-refractivity contribution in [1.82, 2.24) is 0 Å². The fourth-order valence-electron chi connectivity index (χ4n) is 2.65. The first-order chi connectivity index (χ1) is 12.8. The number of aliphatic carboxylic acids is 1. The fraction of sp³-hybridized carbons (Fsp3) is 0.105. The van der Waals surface area contributed by atoms with Crippen LogP contribution in [0.1, 0.15) is 5.56 Å². The molecule has 140 valence electrons. The lowest BCUT2D eigenvalue weighted by atomic mass is 10.1. The summed E-state index contributed by atoms with van der Waals surface area (Å²) >= 11 is 0.924. The second-order valence-electron chi connectivity index (χ2n) is 5.92. The van der Waals surface area contributed by atoms with Crippen molar-refractivity contribution in [3.63, 3.8) is 0 Å². The van der Waals surface area contributed by atoms with E-state index in [0.29, 0.717) is 10.8 Å². The first-order valence-electron chi connectivity index (χ1n) is 7.97. The zero-order valence-electron chi connectivity index (χ0n) is 14.3. The lowest BCUT2D eigenvalue weighted by molar-refractivity contribution is -0.133. The number of aromatic hydroxyl groups is 1. The Morgan fingerprint density at radius 2 is 1.78 bits per heavy atom. The molecule has 0 atom stereocenters. The smallest absolute Gasteiger partial charge is 0.313 e. The highest BCUT2D eigenvalue weighted by Crippen LogP contribution is 2.40. The van der Waals surface area contributed by atoms with Gasteiger partial charge in [-0.05, 0) is 30.7 Å². The van der Waals surface area contributed by atoms with Crippen molar-refractivity contribution in [1.29, 1.82) is 0 Å². The van der Waals surface area contributed by atoms with Crippen LogP contribution in [-0.2, 0) is 14.8 Å². The normalized spacial score (nSPS) is 11.4. The van der Waals surface area contributed by atoms with E-state index >= 15 is 0 Å². The van der Waals surface area contributed by atoms with Gasteiger partial charge in [-0.3, -0.25) is 9.52 Å². The maximum atomic E-state index is 12.8. The quantitative estimate of drug-likeness (QED) is 0.427. The number of hydrogen-bond acceptors (Lipinski definition) is 5. The van der Waals surface area contributed by atoms with Crippen LogP contribution in [-0.4, -0.2) is 30.4 Å². The second kappa shape index (κ2) is 7.50. The van der Waals surface area contributed by atoms with Gasteiger partial charge in [-0.2, -0.15) is 0 Å². The zero-order valence-corrected chi connectivity index (χ0v) is 16.0. The average molecular weight is 403 g/mol. The number of phenols is 1. The van der Waals surface area contributed by atoms with E-state index in [1.54, 1.807) is 49.4 Å². The number of sulfonamides is 1. The van der Waals surface area contributed by atoms with Crippen LogP contribution in [0, 0.1) is 6.92 Å². The van der Waals surface area contributed by atoms with Crippen molar-refractivity contribution >= 4 is 44.2 Å². The number of carbonyl (C=O) groups is 1. The van der Waals surface area contributed by atoms with Crippen molar-refractivity contribution in [2.24, 2.45) is 0 Å². The summed E-state index contributed by atoms with van der Waals surface area (Å²) in [6.07, 6.45) is 0. The molecule has 0 amide bonds. The van der Waals surface area contributed by atoms with Gasteiger partial charge in [0.2, 0.25) is 0 Å². The molecule has 3 N–H and O–H groups in total. The van der Waals surface area contributed by atoms with Gasteiger partial charge in [0.15, 0.2) is 0 Å². The number of phenolic OH excluding ortho intramolecular Hbond substituents is 1. The minimum atomic E-state index is -3.85. The molecule has 27 heavy (non-hydrogen) atoms. The van der Waals surface area contributed by atoms with E-state index in [1.807, 2.05) is 0 Å². The van der Waals surface area contributed by atoms with Gasteiger partial charge in [0.05, 0.1) is 21.2 Å². The predicted octanol–water partition coefficient (Wildman–Crippen LogP) is 3.83. The fourth-order valence-corrected chi connectivity index (χ4v) is 4.56. The van der Waals surface area contributed by atoms with Crippen molar-refractivity contribution < 1.29 is 23.4 Å². The summed E-state index contributed by atoms with van der Waals surface area (Å²) < 4.78 is 28.1. The van der Waals surface area contributed by atoms with E-state index in [1.165, 1.54) is 12.1 Å². The number of aryl methyl sites for hydroxylation is 1. The van der Waals surface area contributed by atoms with Crippen LogP contribution in [0.15, 0.2) is 64.4 Å². The molecule has 3 aromatic rings. The summed E-state index contributed by atoms with van der Waals surface area (Å²) in [5.74, 6) is -1.36. The molecule has 3 aromatic carbocycles. The molecule has 0 bridgehead atoms. The lowest BCUT2D eigenvalue weighted by Gasteiger charge is -2.15. The van der Waals surface area contributed by atoms with E-state index in [9.17, 15) is 18.3 Å². The van der Waals surface area contributed by atoms with E-state index in [0.717, 1.165) is 17.3 Å². The highest BCUT2D eigenvalue weighted by atomic mass is 32.2. The number of thioether (sulfide) groups is 1. The van der Waals surface area contributed by atoms with Crippen molar-refractivity contribution in [3.8, 4) is 5.75 Å². The second-order valence-corrected chi connectivity index (χ2v) is 8.62. The Hall–Kier alpha value is -2.71. The highest BCUT2D eigenvalue weighted by molar-refractivity contribution is 8.00. The van der Waals surface area contributed by atoms with Crippen LogP contribution in [0.2, 0.25) is 0 Å². The Morgan fingerprint density at radius 3 is 2.44 bits per heavy atom. The van der Waals surface area contributed by atoms with Crippen LogP contribution in [0.4, 0.5) is 5.69 Å². The largest absolute Gasteiger partial charge is 0.506 e. The van der Waals surface area contributed by atoms with Gasteiger partial charge < -0.3 is 10.2 Å². The molecule has 0 heterocycles. The Kier molecular flexibility index (Phi) is 5.29. The third kappa shape index (κ3) is 4.17. The SMILES string of the molecule is Cc1cccc(S(=O)(=O)Nc2cc(SCC(=O)O)c(O)c3ccccc23)c1. The summed E-state index contributed by atoms with van der Waals surface area (Å²) in [4.78, 5) is 11.3. The Balaban J connectivity index is 2.10. The predicted molar refractivity (Wildman–Crippen MR) is 106 cm³/mol. The van der Waals surface area contributed by atoms with E-state index in [-0.39, 0.29) is 27.0 Å². The topological polar surface area (TPSA) is 104 Å². The van der Waals surface area contributed by atoms with Crippen LogP contribution in [0.5, 0.6) is 5.75 Å². The zero-order chi connectivity index (χ0) is 19.6. The summed E-state index contributed by atoms with van der Waals surface area (Å²) in [6.45, 7) is 1.80. The molecule has 0 spiro atoms. The number of rotatable bonds is 6. The molecule has 0 aliphatic carbocycles. The Bertz CT molecular complexity index is 1130. The maximum Gasteiger partial charge on any atom is 0.313 e. The molecule has 6 nitrogen and oxygen atoms in total. The van der Waals surface area contributed by atoms with E-state index < -0.39 is 16.0 Å². The molecular formula is C19H17NO5S2. The number of carboxylic acid groups (broad SMARTS) is 1. The van der Waals surface area contributed by atoms with E-state index in [4.69, 9.17) is 5.11 Å². The van der Waals surface area contributed by atoms with Gasteiger partial charge in [-0.25, -0.2) is 8.42 Å². The molecule has 3 rings (SSSR count). The Morgan fingerprint density at radius 1 is 1.07 bits per heavy atom. The first kappa shape index (κ1) is 19.1. The summed E-state index contributed by atoms with van der Waals surface area (Å²) in [5, 5.41) is 20.3. The molecular weight excluding hydrogens is 386 g/mol. The number of benzene rings is 3. The lowest BCUT2D eigenvalue weighted by Crippen LogP contribution is -2.13. The van der Waals surface area contributed by atoms with Crippen molar-refractivity contribution in [2.45, 2.75) is 16.7 Å². The summed E-state index contributed by atoms with van der Waals surface area (Å²) in [7, 11) is -3.85. The van der Waals surface area contributed by atoms with Crippen LogP contribution in [0.3, 0.4) is 0 Å². The Labute approximate surface area is 160 Å². The average Bonchev–Trinajstić information content (AvgIpc) is 2.63. The van der Waals surface area contributed by atoms with Gasteiger partial charge in [-0.15, -0.1) is 11.8 Å². The third-order valence-electron chi connectivity index (χ3n) is 3.88. The first-order valence-corrected chi connectivity index (χ1v) is 10.4. The summed E-state index contributed by atoms with van der Waals surface area (Å²) in [6, 6.07) is 14.8. The number of anilines is 1. The molecule has 0 fully saturated rings. The molecule has 8 heteroatoms. The third-order valence-corrected chi connectivity index (χ3v) is 6.25. The van der Waals surface area contributed by atoms with Crippen molar-refractivity contribution in [3.05, 3.63) is 60.2 Å². The summed E-state index contributed by atoms with van der Waals surface area (Å²) in [5.41, 5.74) is 1.09. The van der Waals surface area contributed by atoms with Crippen molar-refractivity contribution in [2.75, 3.05) is 10.5 Å². The molecule has 0 radical (unpaired) electrons. The molecule has 0 saturated heterocycles. The number of hydrogen-bond donors (Lipinski definition) is 3. The van der Waals surface area contributed by atoms with Crippen LogP contribution in [0.25, 0.3) is 10.8 Å².